The summed E-state index contributed by atoms with van der Waals surface area (Å²) in [6.45, 7) is 1.54. The molecular formula is C16H17FN4O. The first-order valence-electron chi connectivity index (χ1n) is 7.30. The Morgan fingerprint density at radius 1 is 1.27 bits per heavy atom. The first-order chi connectivity index (χ1) is 10.7. The molecule has 2 aromatic rings. The van der Waals surface area contributed by atoms with E-state index in [1.165, 1.54) is 12.3 Å². The molecule has 1 aliphatic heterocycles. The molecule has 3 heterocycles. The van der Waals surface area contributed by atoms with Crippen LogP contribution in [-0.2, 0) is 0 Å². The molecule has 1 amide bonds. The van der Waals surface area contributed by atoms with E-state index in [9.17, 15) is 9.18 Å². The van der Waals surface area contributed by atoms with Crippen LogP contribution in [0.15, 0.2) is 42.9 Å². The van der Waals surface area contributed by atoms with Gasteiger partial charge in [-0.1, -0.05) is 0 Å². The Bertz CT molecular complexity index is 632. The van der Waals surface area contributed by atoms with E-state index in [0.717, 1.165) is 25.2 Å². The minimum absolute atomic E-state index is 0.0567. The van der Waals surface area contributed by atoms with Gasteiger partial charge in [0.25, 0.3) is 5.91 Å². The highest BCUT2D eigenvalue weighted by Crippen LogP contribution is 2.18. The normalized spacial score (nSPS) is 18.0. The van der Waals surface area contributed by atoms with Gasteiger partial charge in [0.15, 0.2) is 0 Å². The molecular weight excluding hydrogens is 283 g/mol. The number of carbonyl (C=O) groups is 1. The Labute approximate surface area is 128 Å². The number of aromatic nitrogens is 2. The first-order valence-corrected chi connectivity index (χ1v) is 7.30. The van der Waals surface area contributed by atoms with Crippen LogP contribution in [0.4, 0.5) is 10.2 Å². The lowest BCUT2D eigenvalue weighted by Crippen LogP contribution is -2.48. The van der Waals surface area contributed by atoms with Crippen molar-refractivity contribution < 1.29 is 9.18 Å². The minimum atomic E-state index is -0.344. The quantitative estimate of drug-likeness (QED) is 0.942. The summed E-state index contributed by atoms with van der Waals surface area (Å²) in [4.78, 5) is 22.3. The van der Waals surface area contributed by atoms with Crippen LogP contribution < -0.4 is 10.2 Å². The van der Waals surface area contributed by atoms with Crippen LogP contribution >= 0.6 is 0 Å². The Kier molecular flexibility index (Phi) is 4.27. The molecule has 0 spiro atoms. The number of amides is 1. The van der Waals surface area contributed by atoms with Crippen LogP contribution in [0.5, 0.6) is 0 Å². The second-order valence-corrected chi connectivity index (χ2v) is 5.33. The van der Waals surface area contributed by atoms with Crippen molar-refractivity contribution in [3.8, 4) is 0 Å². The van der Waals surface area contributed by atoms with Crippen LogP contribution in [0.2, 0.25) is 0 Å². The molecule has 1 fully saturated rings. The predicted octanol–water partition coefficient (Wildman–Crippen LogP) is 2.01. The molecule has 1 atom stereocenters. The fourth-order valence-corrected chi connectivity index (χ4v) is 2.63. The Balaban J connectivity index is 1.63. The van der Waals surface area contributed by atoms with Gasteiger partial charge in [-0.25, -0.2) is 9.37 Å². The van der Waals surface area contributed by atoms with Crippen molar-refractivity contribution in [3.05, 3.63) is 54.2 Å². The maximum absolute atomic E-state index is 12.9. The van der Waals surface area contributed by atoms with E-state index in [-0.39, 0.29) is 17.8 Å². The van der Waals surface area contributed by atoms with Crippen LogP contribution in [-0.4, -0.2) is 35.0 Å². The fraction of sp³-hybridized carbons (Fsp3) is 0.312. The number of hydrogen-bond acceptors (Lipinski definition) is 4. The molecule has 1 aliphatic rings. The lowest BCUT2D eigenvalue weighted by atomic mass is 10.1. The number of nitrogens with zero attached hydrogens (tertiary/aromatic N) is 3. The van der Waals surface area contributed by atoms with Crippen LogP contribution in [0, 0.1) is 5.82 Å². The number of anilines is 1. The van der Waals surface area contributed by atoms with E-state index in [0.29, 0.717) is 12.1 Å². The lowest BCUT2D eigenvalue weighted by Gasteiger charge is -2.34. The third-order valence-corrected chi connectivity index (χ3v) is 3.73. The first kappa shape index (κ1) is 14.4. The summed E-state index contributed by atoms with van der Waals surface area (Å²) in [5.74, 6) is 0.300. The second-order valence-electron chi connectivity index (χ2n) is 5.33. The van der Waals surface area contributed by atoms with Crippen molar-refractivity contribution in [3.63, 3.8) is 0 Å². The summed E-state index contributed by atoms with van der Waals surface area (Å²) in [7, 11) is 0. The highest BCUT2D eigenvalue weighted by Gasteiger charge is 2.22. The zero-order valence-corrected chi connectivity index (χ0v) is 12.1. The topological polar surface area (TPSA) is 58.1 Å². The van der Waals surface area contributed by atoms with Gasteiger partial charge in [0, 0.05) is 37.1 Å². The molecule has 0 bridgehead atoms. The van der Waals surface area contributed by atoms with E-state index in [1.54, 1.807) is 30.6 Å². The average molecular weight is 300 g/mol. The van der Waals surface area contributed by atoms with Gasteiger partial charge in [0.2, 0.25) is 0 Å². The second kappa shape index (κ2) is 6.51. The van der Waals surface area contributed by atoms with Gasteiger partial charge in [0.05, 0.1) is 6.20 Å². The highest BCUT2D eigenvalue weighted by molar-refractivity contribution is 5.94. The summed E-state index contributed by atoms with van der Waals surface area (Å²) in [6.07, 6.45) is 6.30. The van der Waals surface area contributed by atoms with Gasteiger partial charge in [0.1, 0.15) is 11.6 Å². The highest BCUT2D eigenvalue weighted by atomic mass is 19.1. The zero-order chi connectivity index (χ0) is 15.4. The Hall–Kier alpha value is -2.50. The fourth-order valence-electron chi connectivity index (χ4n) is 2.63. The van der Waals surface area contributed by atoms with Gasteiger partial charge in [-0.2, -0.15) is 0 Å². The summed E-state index contributed by atoms with van der Waals surface area (Å²) in [6, 6.07) is 6.51. The number of rotatable bonds is 3. The molecule has 0 saturated carbocycles. The Morgan fingerprint density at radius 3 is 2.82 bits per heavy atom. The van der Waals surface area contributed by atoms with Crippen molar-refractivity contribution in [2.24, 2.45) is 0 Å². The SMILES string of the molecule is O=C(NC1CCCN(c2ccc(F)cn2)C1)c1ccncc1. The molecule has 6 heteroatoms. The smallest absolute Gasteiger partial charge is 0.251 e. The van der Waals surface area contributed by atoms with Crippen LogP contribution in [0.3, 0.4) is 0 Å². The predicted molar refractivity (Wildman–Crippen MR) is 81.1 cm³/mol. The molecule has 0 radical (unpaired) electrons. The van der Waals surface area contributed by atoms with Gasteiger partial charge in [-0.3, -0.25) is 9.78 Å². The minimum Gasteiger partial charge on any atom is -0.355 e. The van der Waals surface area contributed by atoms with Gasteiger partial charge in [-0.15, -0.1) is 0 Å². The molecule has 5 nitrogen and oxygen atoms in total. The molecule has 3 rings (SSSR count). The van der Waals surface area contributed by atoms with E-state index < -0.39 is 0 Å². The number of hydrogen-bond donors (Lipinski definition) is 1. The number of piperidine rings is 1. The van der Waals surface area contributed by atoms with Gasteiger partial charge < -0.3 is 10.2 Å². The van der Waals surface area contributed by atoms with Crippen molar-refractivity contribution >= 4 is 11.7 Å². The molecule has 2 aromatic heterocycles. The lowest BCUT2D eigenvalue weighted by molar-refractivity contribution is 0.0933. The van der Waals surface area contributed by atoms with Crippen LogP contribution in [0.1, 0.15) is 23.2 Å². The monoisotopic (exact) mass is 300 g/mol. The van der Waals surface area contributed by atoms with Crippen molar-refractivity contribution in [2.45, 2.75) is 18.9 Å². The number of carbonyl (C=O) groups excluding carboxylic acids is 1. The maximum Gasteiger partial charge on any atom is 0.251 e. The third-order valence-electron chi connectivity index (χ3n) is 3.73. The van der Waals surface area contributed by atoms with Crippen molar-refractivity contribution in [1.82, 2.24) is 15.3 Å². The number of pyridine rings is 2. The standard InChI is InChI=1S/C16H17FN4O/c17-13-3-4-15(19-10-13)21-9-1-2-14(11-21)20-16(22)12-5-7-18-8-6-12/h3-8,10,14H,1-2,9,11H2,(H,20,22). The summed E-state index contributed by atoms with van der Waals surface area (Å²) >= 11 is 0. The molecule has 0 aromatic carbocycles. The van der Waals surface area contributed by atoms with E-state index in [1.807, 2.05) is 0 Å². The molecule has 1 saturated heterocycles. The summed E-state index contributed by atoms with van der Waals surface area (Å²) in [5.41, 5.74) is 0.604. The number of nitrogens with one attached hydrogen (secondary N) is 1. The third kappa shape index (κ3) is 3.39. The maximum atomic E-state index is 12.9. The largest absolute Gasteiger partial charge is 0.355 e. The zero-order valence-electron chi connectivity index (χ0n) is 12.1. The van der Waals surface area contributed by atoms with Gasteiger partial charge >= 0.3 is 0 Å². The van der Waals surface area contributed by atoms with Crippen molar-refractivity contribution in [2.75, 3.05) is 18.0 Å². The molecule has 1 unspecified atom stereocenters. The average Bonchev–Trinajstić information content (AvgIpc) is 2.56. The van der Waals surface area contributed by atoms with Crippen molar-refractivity contribution in [1.29, 1.82) is 0 Å². The molecule has 1 N–H and O–H groups in total. The molecule has 0 aliphatic carbocycles. The van der Waals surface area contributed by atoms with Crippen LogP contribution in [0.25, 0.3) is 0 Å². The van der Waals surface area contributed by atoms with E-state index in [4.69, 9.17) is 0 Å². The number of halogens is 1. The summed E-state index contributed by atoms with van der Waals surface area (Å²) < 4.78 is 12.9. The summed E-state index contributed by atoms with van der Waals surface area (Å²) in [5, 5.41) is 3.04. The van der Waals surface area contributed by atoms with E-state index in [2.05, 4.69) is 20.2 Å². The molecule has 22 heavy (non-hydrogen) atoms. The van der Waals surface area contributed by atoms with E-state index >= 15 is 0 Å². The molecule has 114 valence electrons. The Morgan fingerprint density at radius 2 is 2.09 bits per heavy atom. The van der Waals surface area contributed by atoms with Gasteiger partial charge in [-0.05, 0) is 37.1 Å².